The summed E-state index contributed by atoms with van der Waals surface area (Å²) in [6.45, 7) is 0. The molecule has 0 bridgehead atoms. The largest absolute Gasteiger partial charge is 0.496 e. The Morgan fingerprint density at radius 1 is 0.958 bits per heavy atom. The summed E-state index contributed by atoms with van der Waals surface area (Å²) in [5, 5.41) is 13.0. The SMILES string of the molecule is COc1cc2ccc(OC)c3c2c(c1-c1ccccc1)[C@H](O)CC3. The van der Waals surface area contributed by atoms with Gasteiger partial charge in [-0.3, -0.25) is 0 Å². The summed E-state index contributed by atoms with van der Waals surface area (Å²) in [7, 11) is 3.38. The average Bonchev–Trinajstić information content (AvgIpc) is 2.64. The van der Waals surface area contributed by atoms with E-state index in [1.807, 2.05) is 30.3 Å². The molecule has 24 heavy (non-hydrogen) atoms. The lowest BCUT2D eigenvalue weighted by atomic mass is 9.81. The van der Waals surface area contributed by atoms with Gasteiger partial charge in [0.05, 0.1) is 20.3 Å². The van der Waals surface area contributed by atoms with Crippen molar-refractivity contribution in [2.75, 3.05) is 14.2 Å². The van der Waals surface area contributed by atoms with E-state index >= 15 is 0 Å². The molecule has 0 heterocycles. The zero-order valence-electron chi connectivity index (χ0n) is 13.9. The van der Waals surface area contributed by atoms with E-state index in [0.29, 0.717) is 6.42 Å². The van der Waals surface area contributed by atoms with Crippen LogP contribution in [0.3, 0.4) is 0 Å². The maximum absolute atomic E-state index is 10.8. The minimum atomic E-state index is -0.502. The zero-order chi connectivity index (χ0) is 16.7. The molecule has 0 fully saturated rings. The minimum Gasteiger partial charge on any atom is -0.496 e. The molecule has 1 N–H and O–H groups in total. The predicted molar refractivity (Wildman–Crippen MR) is 95.8 cm³/mol. The van der Waals surface area contributed by atoms with E-state index in [2.05, 4.69) is 18.2 Å². The summed E-state index contributed by atoms with van der Waals surface area (Å²) in [6.07, 6.45) is 1.00. The Labute approximate surface area is 141 Å². The number of aryl methyl sites for hydroxylation is 1. The maximum Gasteiger partial charge on any atom is 0.127 e. The fourth-order valence-corrected chi connectivity index (χ4v) is 3.82. The highest BCUT2D eigenvalue weighted by Crippen LogP contribution is 2.48. The van der Waals surface area contributed by atoms with Gasteiger partial charge in [-0.1, -0.05) is 36.4 Å². The van der Waals surface area contributed by atoms with Crippen LogP contribution in [0.4, 0.5) is 0 Å². The summed E-state index contributed by atoms with van der Waals surface area (Å²) in [4.78, 5) is 0. The molecule has 3 aromatic rings. The molecule has 0 saturated carbocycles. The third-order valence-electron chi connectivity index (χ3n) is 4.88. The zero-order valence-corrected chi connectivity index (χ0v) is 13.9. The molecule has 1 atom stereocenters. The quantitative estimate of drug-likeness (QED) is 0.772. The smallest absolute Gasteiger partial charge is 0.127 e. The molecular formula is C21H20O3. The Morgan fingerprint density at radius 2 is 1.71 bits per heavy atom. The topological polar surface area (TPSA) is 38.7 Å². The van der Waals surface area contributed by atoms with Crippen molar-refractivity contribution in [3.05, 3.63) is 59.7 Å². The molecule has 1 aliphatic rings. The monoisotopic (exact) mass is 320 g/mol. The van der Waals surface area contributed by atoms with Crippen LogP contribution in [0.15, 0.2) is 48.5 Å². The lowest BCUT2D eigenvalue weighted by Gasteiger charge is -2.27. The fraction of sp³-hybridized carbons (Fsp3) is 0.238. The second-order valence-corrected chi connectivity index (χ2v) is 6.13. The van der Waals surface area contributed by atoms with Gasteiger partial charge in [0.25, 0.3) is 0 Å². The molecule has 122 valence electrons. The highest BCUT2D eigenvalue weighted by Gasteiger charge is 2.28. The van der Waals surface area contributed by atoms with Gasteiger partial charge in [0.15, 0.2) is 0 Å². The normalized spacial score (nSPS) is 16.2. The van der Waals surface area contributed by atoms with Crippen LogP contribution in [0, 0.1) is 0 Å². The highest BCUT2D eigenvalue weighted by molar-refractivity contribution is 5.99. The number of aliphatic hydroxyl groups is 1. The molecule has 0 radical (unpaired) electrons. The number of ether oxygens (including phenoxy) is 2. The molecule has 0 aromatic heterocycles. The first-order chi connectivity index (χ1) is 11.7. The first kappa shape index (κ1) is 15.0. The molecule has 0 aliphatic heterocycles. The number of hydrogen-bond donors (Lipinski definition) is 1. The van der Waals surface area contributed by atoms with Gasteiger partial charge in [-0.15, -0.1) is 0 Å². The van der Waals surface area contributed by atoms with Crippen molar-refractivity contribution in [3.63, 3.8) is 0 Å². The first-order valence-corrected chi connectivity index (χ1v) is 8.18. The lowest BCUT2D eigenvalue weighted by molar-refractivity contribution is 0.166. The summed E-state index contributed by atoms with van der Waals surface area (Å²) in [5.41, 5.74) is 4.17. The molecule has 1 aliphatic carbocycles. The first-order valence-electron chi connectivity index (χ1n) is 8.18. The van der Waals surface area contributed by atoms with E-state index in [-0.39, 0.29) is 0 Å². The standard InChI is InChI=1S/C21H20O3/c1-23-17-11-8-14-12-18(24-2)20(13-6-4-3-5-7-13)21-16(22)10-9-15(17)19(14)21/h3-8,11-12,16,22H,9-10H2,1-2H3/t16-/m1/s1. The van der Waals surface area contributed by atoms with Crippen LogP contribution in [0.2, 0.25) is 0 Å². The van der Waals surface area contributed by atoms with E-state index in [1.54, 1.807) is 14.2 Å². The Balaban J connectivity index is 2.16. The lowest BCUT2D eigenvalue weighted by Crippen LogP contribution is -2.11. The van der Waals surface area contributed by atoms with Crippen LogP contribution < -0.4 is 9.47 Å². The molecule has 3 nitrogen and oxygen atoms in total. The van der Waals surface area contributed by atoms with Crippen molar-refractivity contribution in [3.8, 4) is 22.6 Å². The third kappa shape index (κ3) is 2.16. The Hall–Kier alpha value is -2.52. The van der Waals surface area contributed by atoms with Gasteiger partial charge in [-0.2, -0.15) is 0 Å². The molecule has 3 aromatic carbocycles. The van der Waals surface area contributed by atoms with E-state index in [0.717, 1.165) is 45.4 Å². The minimum absolute atomic E-state index is 0.502. The van der Waals surface area contributed by atoms with Gasteiger partial charge in [-0.25, -0.2) is 0 Å². The number of methoxy groups -OCH3 is 2. The molecule has 0 saturated heterocycles. The van der Waals surface area contributed by atoms with Crippen molar-refractivity contribution < 1.29 is 14.6 Å². The summed E-state index contributed by atoms with van der Waals surface area (Å²) in [6, 6.07) is 16.2. The van der Waals surface area contributed by atoms with Gasteiger partial charge in [0, 0.05) is 16.7 Å². The van der Waals surface area contributed by atoms with Crippen LogP contribution in [0.5, 0.6) is 11.5 Å². The van der Waals surface area contributed by atoms with Crippen molar-refractivity contribution in [1.29, 1.82) is 0 Å². The predicted octanol–water partition coefficient (Wildman–Crippen LogP) is 4.50. The molecule has 4 rings (SSSR count). The molecular weight excluding hydrogens is 300 g/mol. The maximum atomic E-state index is 10.8. The number of benzene rings is 3. The Morgan fingerprint density at radius 3 is 2.42 bits per heavy atom. The van der Waals surface area contributed by atoms with Gasteiger partial charge in [0.1, 0.15) is 11.5 Å². The van der Waals surface area contributed by atoms with Crippen LogP contribution >= 0.6 is 0 Å². The van der Waals surface area contributed by atoms with E-state index in [9.17, 15) is 5.11 Å². The summed E-state index contributed by atoms with van der Waals surface area (Å²) >= 11 is 0. The highest BCUT2D eigenvalue weighted by atomic mass is 16.5. The van der Waals surface area contributed by atoms with Crippen LogP contribution in [0.25, 0.3) is 21.9 Å². The number of hydrogen-bond acceptors (Lipinski definition) is 3. The van der Waals surface area contributed by atoms with Crippen LogP contribution in [-0.2, 0) is 6.42 Å². The second kappa shape index (κ2) is 5.84. The van der Waals surface area contributed by atoms with E-state index < -0.39 is 6.10 Å². The molecule has 0 spiro atoms. The van der Waals surface area contributed by atoms with E-state index in [1.165, 1.54) is 5.56 Å². The van der Waals surface area contributed by atoms with Crippen LogP contribution in [-0.4, -0.2) is 19.3 Å². The average molecular weight is 320 g/mol. The van der Waals surface area contributed by atoms with Crippen LogP contribution in [0.1, 0.15) is 23.7 Å². The Bertz CT molecular complexity index is 900. The summed E-state index contributed by atoms with van der Waals surface area (Å²) in [5.74, 6) is 1.68. The van der Waals surface area contributed by atoms with Gasteiger partial charge in [-0.05, 0) is 41.3 Å². The number of aliphatic hydroxyl groups excluding tert-OH is 1. The number of rotatable bonds is 3. The fourth-order valence-electron chi connectivity index (χ4n) is 3.82. The summed E-state index contributed by atoms with van der Waals surface area (Å²) < 4.78 is 11.2. The van der Waals surface area contributed by atoms with Crippen molar-refractivity contribution in [1.82, 2.24) is 0 Å². The van der Waals surface area contributed by atoms with E-state index in [4.69, 9.17) is 9.47 Å². The third-order valence-corrected chi connectivity index (χ3v) is 4.88. The van der Waals surface area contributed by atoms with Crippen molar-refractivity contribution in [2.24, 2.45) is 0 Å². The molecule has 0 amide bonds. The van der Waals surface area contributed by atoms with Gasteiger partial charge >= 0.3 is 0 Å². The van der Waals surface area contributed by atoms with Gasteiger partial charge < -0.3 is 14.6 Å². The van der Waals surface area contributed by atoms with Crippen molar-refractivity contribution in [2.45, 2.75) is 18.9 Å². The van der Waals surface area contributed by atoms with Crippen molar-refractivity contribution >= 4 is 10.8 Å². The van der Waals surface area contributed by atoms with Gasteiger partial charge in [0.2, 0.25) is 0 Å². The Kier molecular flexibility index (Phi) is 3.66. The second-order valence-electron chi connectivity index (χ2n) is 6.13. The molecule has 3 heteroatoms. The molecule has 0 unspecified atom stereocenters.